The molecule has 0 unspecified atom stereocenters. The van der Waals surface area contributed by atoms with E-state index in [0.29, 0.717) is 6.54 Å². The number of benzene rings is 1. The van der Waals surface area contributed by atoms with E-state index < -0.39 is 0 Å². The Balaban J connectivity index is 2.84. The van der Waals surface area contributed by atoms with Crippen LogP contribution >= 0.6 is 15.9 Å². The van der Waals surface area contributed by atoms with Gasteiger partial charge in [-0.25, -0.2) is 0 Å². The Hall–Kier alpha value is -0.580. The summed E-state index contributed by atoms with van der Waals surface area (Å²) < 4.78 is 6.18. The fourth-order valence-electron chi connectivity index (χ4n) is 1.63. The molecule has 2 N–H and O–H groups in total. The molecule has 0 radical (unpaired) electrons. The van der Waals surface area contributed by atoms with Gasteiger partial charge in [0.15, 0.2) is 0 Å². The summed E-state index contributed by atoms with van der Waals surface area (Å²) in [4.78, 5) is 2.20. The zero-order valence-corrected chi connectivity index (χ0v) is 11.5. The largest absolute Gasteiger partial charge is 0.383 e. The van der Waals surface area contributed by atoms with E-state index in [1.165, 1.54) is 11.3 Å². The van der Waals surface area contributed by atoms with Gasteiger partial charge in [0, 0.05) is 30.9 Å². The molecule has 0 bridgehead atoms. The molecule has 16 heavy (non-hydrogen) atoms. The van der Waals surface area contributed by atoms with Crippen molar-refractivity contribution in [2.24, 2.45) is 5.73 Å². The molecular formula is C12H19BrN2O. The zero-order chi connectivity index (χ0) is 12.0. The van der Waals surface area contributed by atoms with Gasteiger partial charge >= 0.3 is 0 Å². The van der Waals surface area contributed by atoms with Crippen LogP contribution in [-0.4, -0.2) is 33.9 Å². The van der Waals surface area contributed by atoms with Gasteiger partial charge in [-0.2, -0.15) is 0 Å². The summed E-state index contributed by atoms with van der Waals surface area (Å²) in [5, 5.41) is 0. The number of nitrogens with two attached hydrogens (primary N) is 1. The van der Waals surface area contributed by atoms with Crippen molar-refractivity contribution in [1.29, 1.82) is 0 Å². The average Bonchev–Trinajstić information content (AvgIpc) is 2.26. The summed E-state index contributed by atoms with van der Waals surface area (Å²) >= 11 is 3.48. The van der Waals surface area contributed by atoms with Gasteiger partial charge in [0.25, 0.3) is 0 Å². The van der Waals surface area contributed by atoms with Gasteiger partial charge in [0.1, 0.15) is 0 Å². The van der Waals surface area contributed by atoms with Gasteiger partial charge in [-0.15, -0.1) is 0 Å². The molecule has 0 saturated heterocycles. The summed E-state index contributed by atoms with van der Waals surface area (Å²) in [5.41, 5.74) is 8.12. The highest BCUT2D eigenvalue weighted by molar-refractivity contribution is 9.10. The quantitative estimate of drug-likeness (QED) is 0.870. The standard InChI is InChI=1S/C12H19BrN2O/c1-15(7-8-16-2)12-4-3-11(13)9-10(12)5-6-14/h3-4,9H,5-8,14H2,1-2H3. The first-order chi connectivity index (χ1) is 7.69. The number of methoxy groups -OCH3 is 1. The predicted molar refractivity (Wildman–Crippen MR) is 72.0 cm³/mol. The molecule has 0 aliphatic carbocycles. The second-order valence-corrected chi connectivity index (χ2v) is 4.64. The number of halogens is 1. The van der Waals surface area contributed by atoms with Gasteiger partial charge in [0.2, 0.25) is 0 Å². The van der Waals surface area contributed by atoms with Gasteiger partial charge in [-0.3, -0.25) is 0 Å². The highest BCUT2D eigenvalue weighted by Crippen LogP contribution is 2.24. The Morgan fingerprint density at radius 3 is 2.81 bits per heavy atom. The lowest BCUT2D eigenvalue weighted by Crippen LogP contribution is -2.23. The Labute approximate surface area is 106 Å². The predicted octanol–water partition coefficient (Wildman–Crippen LogP) is 2.03. The van der Waals surface area contributed by atoms with Crippen LogP contribution in [0, 0.1) is 0 Å². The second kappa shape index (κ2) is 6.89. The monoisotopic (exact) mass is 286 g/mol. The molecule has 0 saturated carbocycles. The molecule has 0 atom stereocenters. The minimum absolute atomic E-state index is 0.668. The summed E-state index contributed by atoms with van der Waals surface area (Å²) in [6, 6.07) is 6.30. The Bertz CT molecular complexity index is 331. The molecule has 1 rings (SSSR count). The molecule has 0 aromatic heterocycles. The van der Waals surface area contributed by atoms with Gasteiger partial charge < -0.3 is 15.4 Å². The SMILES string of the molecule is COCCN(C)c1ccc(Br)cc1CCN. The third-order valence-electron chi connectivity index (χ3n) is 2.50. The van der Waals surface area contributed by atoms with Crippen molar-refractivity contribution in [2.75, 3.05) is 38.8 Å². The molecule has 0 heterocycles. The van der Waals surface area contributed by atoms with E-state index in [4.69, 9.17) is 10.5 Å². The van der Waals surface area contributed by atoms with E-state index in [0.717, 1.165) is 24.0 Å². The zero-order valence-electron chi connectivity index (χ0n) is 9.87. The van der Waals surface area contributed by atoms with Crippen molar-refractivity contribution in [2.45, 2.75) is 6.42 Å². The third-order valence-corrected chi connectivity index (χ3v) is 2.99. The van der Waals surface area contributed by atoms with Gasteiger partial charge in [-0.05, 0) is 36.7 Å². The number of nitrogens with zero attached hydrogens (tertiary/aromatic N) is 1. The Kier molecular flexibility index (Phi) is 5.80. The molecular weight excluding hydrogens is 268 g/mol. The lowest BCUT2D eigenvalue weighted by molar-refractivity contribution is 0.206. The number of anilines is 1. The number of likely N-dealkylation sites (N-methyl/N-ethyl adjacent to an activating group) is 1. The van der Waals surface area contributed by atoms with Crippen LogP contribution in [0.25, 0.3) is 0 Å². The van der Waals surface area contributed by atoms with Crippen LogP contribution in [0.15, 0.2) is 22.7 Å². The van der Waals surface area contributed by atoms with E-state index in [9.17, 15) is 0 Å². The third kappa shape index (κ3) is 3.77. The van der Waals surface area contributed by atoms with Crippen molar-refractivity contribution in [1.82, 2.24) is 0 Å². The van der Waals surface area contributed by atoms with Crippen LogP contribution in [0.2, 0.25) is 0 Å². The van der Waals surface area contributed by atoms with Gasteiger partial charge in [0.05, 0.1) is 6.61 Å². The smallest absolute Gasteiger partial charge is 0.0637 e. The van der Waals surface area contributed by atoms with Crippen LogP contribution in [0.5, 0.6) is 0 Å². The van der Waals surface area contributed by atoms with Crippen LogP contribution in [0.1, 0.15) is 5.56 Å². The molecule has 3 nitrogen and oxygen atoms in total. The topological polar surface area (TPSA) is 38.5 Å². The van der Waals surface area contributed by atoms with Crippen LogP contribution in [-0.2, 0) is 11.2 Å². The van der Waals surface area contributed by atoms with Crippen molar-refractivity contribution in [3.8, 4) is 0 Å². The minimum Gasteiger partial charge on any atom is -0.383 e. The molecule has 0 aliphatic heterocycles. The minimum atomic E-state index is 0.668. The van der Waals surface area contributed by atoms with E-state index in [1.807, 2.05) is 0 Å². The first-order valence-electron chi connectivity index (χ1n) is 5.37. The molecule has 4 heteroatoms. The van der Waals surface area contributed by atoms with Crippen LogP contribution in [0.3, 0.4) is 0 Å². The van der Waals surface area contributed by atoms with Crippen molar-refractivity contribution in [3.05, 3.63) is 28.2 Å². The van der Waals surface area contributed by atoms with E-state index in [2.05, 4.69) is 46.1 Å². The number of hydrogen-bond donors (Lipinski definition) is 1. The summed E-state index contributed by atoms with van der Waals surface area (Å²) in [6.45, 7) is 2.28. The molecule has 1 aromatic carbocycles. The lowest BCUT2D eigenvalue weighted by Gasteiger charge is -2.22. The molecule has 0 spiro atoms. The number of ether oxygens (including phenoxy) is 1. The average molecular weight is 287 g/mol. The van der Waals surface area contributed by atoms with Crippen molar-refractivity contribution < 1.29 is 4.74 Å². The molecule has 1 aromatic rings. The van der Waals surface area contributed by atoms with E-state index in [-0.39, 0.29) is 0 Å². The normalized spacial score (nSPS) is 10.5. The maximum atomic E-state index is 5.62. The summed E-state index contributed by atoms with van der Waals surface area (Å²) in [5.74, 6) is 0. The Morgan fingerprint density at radius 1 is 1.44 bits per heavy atom. The Morgan fingerprint density at radius 2 is 2.19 bits per heavy atom. The molecule has 90 valence electrons. The number of hydrogen-bond acceptors (Lipinski definition) is 3. The fourth-order valence-corrected chi connectivity index (χ4v) is 2.04. The first kappa shape index (κ1) is 13.5. The lowest BCUT2D eigenvalue weighted by atomic mass is 10.1. The van der Waals surface area contributed by atoms with E-state index in [1.54, 1.807) is 7.11 Å². The highest BCUT2D eigenvalue weighted by atomic mass is 79.9. The number of rotatable bonds is 6. The van der Waals surface area contributed by atoms with Crippen LogP contribution in [0.4, 0.5) is 5.69 Å². The first-order valence-corrected chi connectivity index (χ1v) is 6.17. The summed E-state index contributed by atoms with van der Waals surface area (Å²) in [6.07, 6.45) is 0.895. The maximum absolute atomic E-state index is 5.62. The molecule has 0 amide bonds. The molecule has 0 aliphatic rings. The van der Waals surface area contributed by atoms with Crippen LogP contribution < -0.4 is 10.6 Å². The maximum Gasteiger partial charge on any atom is 0.0637 e. The molecule has 0 fully saturated rings. The summed E-state index contributed by atoms with van der Waals surface area (Å²) in [7, 11) is 3.79. The van der Waals surface area contributed by atoms with Crippen molar-refractivity contribution >= 4 is 21.6 Å². The van der Waals surface area contributed by atoms with E-state index >= 15 is 0 Å². The highest BCUT2D eigenvalue weighted by Gasteiger charge is 2.07. The van der Waals surface area contributed by atoms with Gasteiger partial charge in [-0.1, -0.05) is 15.9 Å². The second-order valence-electron chi connectivity index (χ2n) is 3.73. The fraction of sp³-hybridized carbons (Fsp3) is 0.500. The van der Waals surface area contributed by atoms with Crippen molar-refractivity contribution in [3.63, 3.8) is 0 Å².